The number of benzene rings is 1. The number of nitrogens with one attached hydrogen (secondary N) is 1. The summed E-state index contributed by atoms with van der Waals surface area (Å²) >= 11 is 3.39. The minimum absolute atomic E-state index is 0.118. The molecule has 0 radical (unpaired) electrons. The van der Waals surface area contributed by atoms with Crippen LogP contribution in [0.1, 0.15) is 23.0 Å². The quantitative estimate of drug-likeness (QED) is 0.905. The Bertz CT molecular complexity index is 608. The lowest BCUT2D eigenvalue weighted by molar-refractivity contribution is 0.101. The zero-order valence-electron chi connectivity index (χ0n) is 11.5. The van der Waals surface area contributed by atoms with Gasteiger partial charge in [-0.3, -0.25) is 4.79 Å². The van der Waals surface area contributed by atoms with Crippen LogP contribution < -0.4 is 5.32 Å². The topological polar surface area (TPSA) is 43.3 Å². The van der Waals surface area contributed by atoms with Crippen LogP contribution in [0.5, 0.6) is 0 Å². The van der Waals surface area contributed by atoms with Crippen LogP contribution in [0, 0.1) is 0 Å². The number of anilines is 1. The number of rotatable bonds is 5. The van der Waals surface area contributed by atoms with E-state index in [2.05, 4.69) is 21.2 Å². The average molecular weight is 337 g/mol. The maximum absolute atomic E-state index is 12.3. The van der Waals surface area contributed by atoms with Crippen molar-refractivity contribution in [2.45, 2.75) is 20.1 Å². The number of ether oxygens (including phenoxy) is 1. The molecule has 0 aliphatic rings. The van der Waals surface area contributed by atoms with E-state index >= 15 is 0 Å². The molecule has 0 aliphatic carbocycles. The zero-order chi connectivity index (χ0) is 14.5. The Morgan fingerprint density at radius 2 is 2.20 bits per heavy atom. The number of amides is 1. The van der Waals surface area contributed by atoms with Gasteiger partial charge in [0.05, 0.1) is 6.61 Å². The predicted octanol–water partition coefficient (Wildman–Crippen LogP) is 3.67. The van der Waals surface area contributed by atoms with Crippen molar-refractivity contribution >= 4 is 27.5 Å². The van der Waals surface area contributed by atoms with Gasteiger partial charge in [0.15, 0.2) is 0 Å². The summed E-state index contributed by atoms with van der Waals surface area (Å²) in [5.74, 6) is -0.118. The summed E-state index contributed by atoms with van der Waals surface area (Å²) in [4.78, 5) is 12.3. The second kappa shape index (κ2) is 6.72. The van der Waals surface area contributed by atoms with Crippen LogP contribution >= 0.6 is 15.9 Å². The molecule has 1 N–H and O–H groups in total. The predicted molar refractivity (Wildman–Crippen MR) is 82.9 cm³/mol. The van der Waals surface area contributed by atoms with Crippen LogP contribution in [-0.4, -0.2) is 17.6 Å². The molecule has 2 rings (SSSR count). The van der Waals surface area contributed by atoms with Crippen molar-refractivity contribution in [2.75, 3.05) is 12.4 Å². The van der Waals surface area contributed by atoms with E-state index < -0.39 is 0 Å². The van der Waals surface area contributed by atoms with E-state index in [1.165, 1.54) is 0 Å². The van der Waals surface area contributed by atoms with Gasteiger partial charge in [0.1, 0.15) is 5.69 Å². The Morgan fingerprint density at radius 1 is 1.40 bits per heavy atom. The number of nitrogens with zero attached hydrogens (tertiary/aromatic N) is 1. The fourth-order valence-electron chi connectivity index (χ4n) is 2.03. The molecular weight excluding hydrogens is 320 g/mol. The summed E-state index contributed by atoms with van der Waals surface area (Å²) in [5, 5.41) is 2.91. The molecular formula is C15H17BrN2O2. The van der Waals surface area contributed by atoms with Gasteiger partial charge in [0.2, 0.25) is 0 Å². The van der Waals surface area contributed by atoms with E-state index in [1.54, 1.807) is 7.11 Å². The highest BCUT2D eigenvalue weighted by Gasteiger charge is 2.12. The number of aromatic nitrogens is 1. The summed E-state index contributed by atoms with van der Waals surface area (Å²) in [7, 11) is 1.65. The van der Waals surface area contributed by atoms with Gasteiger partial charge < -0.3 is 14.6 Å². The van der Waals surface area contributed by atoms with Crippen LogP contribution in [-0.2, 0) is 17.9 Å². The molecule has 0 saturated heterocycles. The third kappa shape index (κ3) is 3.49. The van der Waals surface area contributed by atoms with Gasteiger partial charge in [0, 0.05) is 30.0 Å². The Hall–Kier alpha value is -1.59. The SMILES string of the molecule is CCn1cc(Br)cc1C(=O)Nc1cccc(COC)c1. The van der Waals surface area contributed by atoms with Crippen molar-refractivity contribution in [2.24, 2.45) is 0 Å². The minimum Gasteiger partial charge on any atom is -0.380 e. The van der Waals surface area contributed by atoms with Gasteiger partial charge >= 0.3 is 0 Å². The molecule has 4 nitrogen and oxygen atoms in total. The number of hydrogen-bond acceptors (Lipinski definition) is 2. The van der Waals surface area contributed by atoms with Crippen molar-refractivity contribution in [3.8, 4) is 0 Å². The first kappa shape index (κ1) is 14.8. The second-order valence-corrected chi connectivity index (χ2v) is 5.33. The summed E-state index contributed by atoms with van der Waals surface area (Å²) in [5.41, 5.74) is 2.43. The van der Waals surface area contributed by atoms with Gasteiger partial charge in [0.25, 0.3) is 5.91 Å². The van der Waals surface area contributed by atoms with Gasteiger partial charge in [-0.15, -0.1) is 0 Å². The lowest BCUT2D eigenvalue weighted by atomic mass is 10.2. The summed E-state index contributed by atoms with van der Waals surface area (Å²) in [6, 6.07) is 9.46. The first-order valence-electron chi connectivity index (χ1n) is 6.39. The summed E-state index contributed by atoms with van der Waals surface area (Å²) in [6.07, 6.45) is 1.90. The number of carbonyl (C=O) groups is 1. The number of halogens is 1. The van der Waals surface area contributed by atoms with Crippen LogP contribution in [0.15, 0.2) is 41.0 Å². The highest BCUT2D eigenvalue weighted by Crippen LogP contribution is 2.17. The zero-order valence-corrected chi connectivity index (χ0v) is 13.1. The maximum Gasteiger partial charge on any atom is 0.272 e. The molecule has 0 aliphatic heterocycles. The second-order valence-electron chi connectivity index (χ2n) is 4.42. The molecule has 5 heteroatoms. The highest BCUT2D eigenvalue weighted by atomic mass is 79.9. The van der Waals surface area contributed by atoms with Crippen LogP contribution in [0.3, 0.4) is 0 Å². The highest BCUT2D eigenvalue weighted by molar-refractivity contribution is 9.10. The molecule has 0 atom stereocenters. The van der Waals surface area contributed by atoms with Crippen molar-refractivity contribution in [3.05, 3.63) is 52.3 Å². The molecule has 0 unspecified atom stereocenters. The average Bonchev–Trinajstić information content (AvgIpc) is 2.81. The van der Waals surface area contributed by atoms with Crippen LogP contribution in [0.2, 0.25) is 0 Å². The molecule has 0 bridgehead atoms. The normalized spacial score (nSPS) is 10.6. The minimum atomic E-state index is -0.118. The molecule has 1 heterocycles. The number of hydrogen-bond donors (Lipinski definition) is 1. The molecule has 2 aromatic rings. The Morgan fingerprint density at radius 3 is 2.90 bits per heavy atom. The third-order valence-electron chi connectivity index (χ3n) is 2.93. The number of carbonyl (C=O) groups excluding carboxylic acids is 1. The molecule has 1 aromatic carbocycles. The Kier molecular flexibility index (Phi) is 4.98. The lowest BCUT2D eigenvalue weighted by Crippen LogP contribution is -2.16. The fraction of sp³-hybridized carbons (Fsp3) is 0.267. The van der Waals surface area contributed by atoms with Crippen molar-refractivity contribution in [1.82, 2.24) is 4.57 Å². The van der Waals surface area contributed by atoms with Gasteiger partial charge in [-0.1, -0.05) is 12.1 Å². The van der Waals surface area contributed by atoms with Crippen molar-refractivity contribution < 1.29 is 9.53 Å². The Labute approximate surface area is 126 Å². The van der Waals surface area contributed by atoms with Gasteiger partial charge in [-0.05, 0) is 46.6 Å². The molecule has 0 saturated carbocycles. The summed E-state index contributed by atoms with van der Waals surface area (Å²) in [6.45, 7) is 3.28. The fourth-order valence-corrected chi connectivity index (χ4v) is 2.49. The van der Waals surface area contributed by atoms with E-state index in [4.69, 9.17) is 4.74 Å². The molecule has 0 spiro atoms. The largest absolute Gasteiger partial charge is 0.380 e. The Balaban J connectivity index is 2.16. The van der Waals surface area contributed by atoms with E-state index in [-0.39, 0.29) is 5.91 Å². The molecule has 0 fully saturated rings. The first-order chi connectivity index (χ1) is 9.63. The van der Waals surface area contributed by atoms with E-state index in [9.17, 15) is 4.79 Å². The summed E-state index contributed by atoms with van der Waals surface area (Å²) < 4.78 is 7.89. The van der Waals surface area contributed by atoms with Gasteiger partial charge in [-0.25, -0.2) is 0 Å². The molecule has 20 heavy (non-hydrogen) atoms. The smallest absolute Gasteiger partial charge is 0.272 e. The van der Waals surface area contributed by atoms with Gasteiger partial charge in [-0.2, -0.15) is 0 Å². The number of methoxy groups -OCH3 is 1. The van der Waals surface area contributed by atoms with Crippen LogP contribution in [0.4, 0.5) is 5.69 Å². The molecule has 106 valence electrons. The lowest BCUT2D eigenvalue weighted by Gasteiger charge is -2.09. The van der Waals surface area contributed by atoms with E-state index in [0.717, 1.165) is 22.3 Å². The van der Waals surface area contributed by atoms with E-state index in [1.807, 2.05) is 48.0 Å². The van der Waals surface area contributed by atoms with Crippen molar-refractivity contribution in [3.63, 3.8) is 0 Å². The first-order valence-corrected chi connectivity index (χ1v) is 7.18. The third-order valence-corrected chi connectivity index (χ3v) is 3.37. The monoisotopic (exact) mass is 336 g/mol. The van der Waals surface area contributed by atoms with Crippen LogP contribution in [0.25, 0.3) is 0 Å². The standard InChI is InChI=1S/C15H17BrN2O2/c1-3-18-9-12(16)8-14(18)15(19)17-13-6-4-5-11(7-13)10-20-2/h4-9H,3,10H2,1-2H3,(H,17,19). The number of aryl methyl sites for hydroxylation is 1. The molecule has 1 aromatic heterocycles. The molecule has 1 amide bonds. The van der Waals surface area contributed by atoms with E-state index in [0.29, 0.717) is 12.3 Å². The maximum atomic E-state index is 12.3. The van der Waals surface area contributed by atoms with Crippen molar-refractivity contribution in [1.29, 1.82) is 0 Å².